The smallest absolute Gasteiger partial charge is 0.261 e. The molecule has 3 N–H and O–H groups in total. The van der Waals surface area contributed by atoms with Crippen molar-refractivity contribution in [2.75, 3.05) is 13.1 Å². The minimum atomic E-state index is -0.415. The van der Waals surface area contributed by atoms with Gasteiger partial charge in [0.2, 0.25) is 11.8 Å². The van der Waals surface area contributed by atoms with Crippen molar-refractivity contribution >= 4 is 45.0 Å². The van der Waals surface area contributed by atoms with E-state index in [9.17, 15) is 14.4 Å². The fourth-order valence-corrected chi connectivity index (χ4v) is 3.16. The second-order valence-corrected chi connectivity index (χ2v) is 7.38. The second-order valence-electron chi connectivity index (χ2n) is 5.52. The number of benzene rings is 1. The van der Waals surface area contributed by atoms with Crippen molar-refractivity contribution in [2.45, 2.75) is 19.4 Å². The highest BCUT2D eigenvalue weighted by Gasteiger charge is 2.14. The molecule has 0 radical (unpaired) electrons. The summed E-state index contributed by atoms with van der Waals surface area (Å²) < 4.78 is 0.972. The van der Waals surface area contributed by atoms with E-state index in [0.29, 0.717) is 4.88 Å². The van der Waals surface area contributed by atoms with Crippen molar-refractivity contribution in [3.05, 3.63) is 56.7 Å². The number of carbonyl (C=O) groups excluding carboxylic acids is 3. The molecule has 0 aliphatic heterocycles. The van der Waals surface area contributed by atoms with Crippen molar-refractivity contribution in [1.82, 2.24) is 16.0 Å². The molecule has 3 amide bonds. The molecule has 2 aromatic rings. The van der Waals surface area contributed by atoms with Crippen LogP contribution >= 0.6 is 27.3 Å². The van der Waals surface area contributed by atoms with Gasteiger partial charge in [0.05, 0.1) is 24.0 Å². The Hall–Kier alpha value is -2.19. The topological polar surface area (TPSA) is 87.3 Å². The van der Waals surface area contributed by atoms with Crippen LogP contribution in [0.15, 0.2) is 46.3 Å². The zero-order valence-electron chi connectivity index (χ0n) is 14.3. The molecule has 0 fully saturated rings. The van der Waals surface area contributed by atoms with E-state index in [2.05, 4.69) is 31.9 Å². The molecule has 0 aliphatic carbocycles. The minimum Gasteiger partial charge on any atom is -0.348 e. The fourth-order valence-electron chi connectivity index (χ4n) is 2.26. The maximum Gasteiger partial charge on any atom is 0.261 e. The predicted octanol–water partition coefficient (Wildman–Crippen LogP) is 2.62. The molecule has 0 saturated carbocycles. The number of rotatable bonds is 8. The van der Waals surface area contributed by atoms with Gasteiger partial charge in [-0.2, -0.15) is 0 Å². The van der Waals surface area contributed by atoms with E-state index >= 15 is 0 Å². The van der Waals surface area contributed by atoms with E-state index in [4.69, 9.17) is 0 Å². The van der Waals surface area contributed by atoms with Crippen LogP contribution in [0.2, 0.25) is 0 Å². The first-order valence-electron chi connectivity index (χ1n) is 8.12. The Morgan fingerprint density at radius 1 is 1.04 bits per heavy atom. The number of carbonyl (C=O) groups is 3. The molecule has 138 valence electrons. The number of thiophene rings is 1. The minimum absolute atomic E-state index is 0.119. The second kappa shape index (κ2) is 10.1. The molecule has 0 spiro atoms. The Labute approximate surface area is 164 Å². The Kier molecular flexibility index (Phi) is 7.80. The van der Waals surface area contributed by atoms with Gasteiger partial charge in [0.15, 0.2) is 0 Å². The van der Waals surface area contributed by atoms with E-state index in [1.807, 2.05) is 31.2 Å². The van der Waals surface area contributed by atoms with Crippen molar-refractivity contribution in [3.63, 3.8) is 0 Å². The number of halogens is 1. The molecule has 1 aromatic heterocycles. The van der Waals surface area contributed by atoms with Crippen LogP contribution in [0.4, 0.5) is 0 Å². The quantitative estimate of drug-likeness (QED) is 0.592. The third kappa shape index (κ3) is 6.27. The zero-order chi connectivity index (χ0) is 18.9. The molecule has 2 rings (SSSR count). The van der Waals surface area contributed by atoms with Gasteiger partial charge in [0, 0.05) is 4.47 Å². The number of nitrogens with one attached hydrogen (secondary N) is 3. The maximum absolute atomic E-state index is 12.1. The summed E-state index contributed by atoms with van der Waals surface area (Å²) in [5.41, 5.74) is 0.999. The zero-order valence-corrected chi connectivity index (χ0v) is 16.7. The lowest BCUT2D eigenvalue weighted by molar-refractivity contribution is -0.126. The van der Waals surface area contributed by atoms with Crippen LogP contribution in [0, 0.1) is 0 Å². The summed E-state index contributed by atoms with van der Waals surface area (Å²) in [4.78, 5) is 36.1. The third-order valence-electron chi connectivity index (χ3n) is 3.62. The Balaban J connectivity index is 1.73. The first kappa shape index (κ1) is 20.1. The van der Waals surface area contributed by atoms with Crippen molar-refractivity contribution < 1.29 is 14.4 Å². The molecule has 1 atom stereocenters. The van der Waals surface area contributed by atoms with Crippen molar-refractivity contribution in [3.8, 4) is 0 Å². The lowest BCUT2D eigenvalue weighted by atomic mass is 10.0. The molecule has 8 heteroatoms. The molecule has 0 saturated heterocycles. The highest BCUT2D eigenvalue weighted by Crippen LogP contribution is 2.19. The molecule has 1 aromatic carbocycles. The molecule has 1 unspecified atom stereocenters. The summed E-state index contributed by atoms with van der Waals surface area (Å²) in [5, 5.41) is 9.70. The molecule has 26 heavy (non-hydrogen) atoms. The first-order valence-corrected chi connectivity index (χ1v) is 9.80. The monoisotopic (exact) mass is 437 g/mol. The number of hydrogen-bond donors (Lipinski definition) is 3. The molecule has 0 aliphatic rings. The molecule has 6 nitrogen and oxygen atoms in total. The standard InChI is InChI=1S/C18H20BrN3O3S/c1-2-14(12-5-7-13(19)8-6-12)22-17(24)11-20-16(23)10-21-18(25)15-4-3-9-26-15/h3-9,14H,2,10-11H2,1H3,(H,20,23)(H,21,25)(H,22,24). The van der Waals surface area contributed by atoms with Gasteiger partial charge < -0.3 is 16.0 Å². The average Bonchev–Trinajstić information content (AvgIpc) is 3.18. The van der Waals surface area contributed by atoms with Gasteiger partial charge in [0.25, 0.3) is 5.91 Å². The summed E-state index contributed by atoms with van der Waals surface area (Å²) >= 11 is 4.68. The molecular formula is C18H20BrN3O3S. The summed E-state index contributed by atoms with van der Waals surface area (Å²) in [6, 6.07) is 11.0. The lowest BCUT2D eigenvalue weighted by Gasteiger charge is -2.18. The predicted molar refractivity (Wildman–Crippen MR) is 105 cm³/mol. The maximum atomic E-state index is 12.1. The van der Waals surface area contributed by atoms with Crippen molar-refractivity contribution in [1.29, 1.82) is 0 Å². The lowest BCUT2D eigenvalue weighted by Crippen LogP contribution is -2.42. The normalized spacial score (nSPS) is 11.5. The summed E-state index contributed by atoms with van der Waals surface area (Å²) in [6.07, 6.45) is 0.734. The highest BCUT2D eigenvalue weighted by molar-refractivity contribution is 9.10. The van der Waals surface area contributed by atoms with Gasteiger partial charge >= 0.3 is 0 Å². The summed E-state index contributed by atoms with van der Waals surface area (Å²) in [5.74, 6) is -1.000. The van der Waals surface area contributed by atoms with E-state index < -0.39 is 5.91 Å². The van der Waals surface area contributed by atoms with Crippen LogP contribution in [0.3, 0.4) is 0 Å². The van der Waals surface area contributed by atoms with Crippen LogP contribution in [0.1, 0.15) is 34.6 Å². The Bertz CT molecular complexity index is 748. The third-order valence-corrected chi connectivity index (χ3v) is 5.01. The van der Waals surface area contributed by atoms with Crippen LogP contribution in [0.5, 0.6) is 0 Å². The SMILES string of the molecule is CCC(NC(=O)CNC(=O)CNC(=O)c1cccs1)c1ccc(Br)cc1. The van der Waals surface area contributed by atoms with Gasteiger partial charge in [-0.15, -0.1) is 11.3 Å². The first-order chi connectivity index (χ1) is 12.5. The van der Waals surface area contributed by atoms with E-state index in [0.717, 1.165) is 16.5 Å². The average molecular weight is 438 g/mol. The van der Waals surface area contributed by atoms with Gasteiger partial charge in [0.1, 0.15) is 0 Å². The largest absolute Gasteiger partial charge is 0.348 e. The van der Waals surface area contributed by atoms with Gasteiger partial charge in [-0.3, -0.25) is 14.4 Å². The summed E-state index contributed by atoms with van der Waals surface area (Å²) in [6.45, 7) is 1.67. The van der Waals surface area contributed by atoms with Crippen LogP contribution in [0.25, 0.3) is 0 Å². The molecule has 1 heterocycles. The Morgan fingerprint density at radius 3 is 2.35 bits per heavy atom. The molecule has 0 bridgehead atoms. The molecular weight excluding hydrogens is 418 g/mol. The van der Waals surface area contributed by atoms with Crippen molar-refractivity contribution in [2.24, 2.45) is 0 Å². The van der Waals surface area contributed by atoms with Crippen LogP contribution < -0.4 is 16.0 Å². The van der Waals surface area contributed by atoms with E-state index in [1.54, 1.807) is 17.5 Å². The fraction of sp³-hybridized carbons (Fsp3) is 0.278. The van der Waals surface area contributed by atoms with E-state index in [-0.39, 0.29) is 30.9 Å². The number of hydrogen-bond acceptors (Lipinski definition) is 4. The highest BCUT2D eigenvalue weighted by atomic mass is 79.9. The van der Waals surface area contributed by atoms with Gasteiger partial charge in [-0.1, -0.05) is 41.1 Å². The number of amides is 3. The van der Waals surface area contributed by atoms with Crippen LogP contribution in [-0.2, 0) is 9.59 Å². The van der Waals surface area contributed by atoms with Gasteiger partial charge in [-0.25, -0.2) is 0 Å². The Morgan fingerprint density at radius 2 is 1.73 bits per heavy atom. The summed E-state index contributed by atoms with van der Waals surface area (Å²) in [7, 11) is 0. The van der Waals surface area contributed by atoms with E-state index in [1.165, 1.54) is 11.3 Å². The van der Waals surface area contributed by atoms with Crippen LogP contribution in [-0.4, -0.2) is 30.8 Å². The van der Waals surface area contributed by atoms with Gasteiger partial charge in [-0.05, 0) is 35.6 Å².